The largest absolute Gasteiger partial charge is 0.497 e. The molecule has 0 unspecified atom stereocenters. The van der Waals surface area contributed by atoms with Crippen molar-refractivity contribution in [3.63, 3.8) is 0 Å². The van der Waals surface area contributed by atoms with Crippen molar-refractivity contribution in [1.29, 1.82) is 0 Å². The zero-order valence-electron chi connectivity index (χ0n) is 12.5. The molecule has 102 valence electrons. The fraction of sp³-hybridized carbons (Fsp3) is 0.444. The van der Waals surface area contributed by atoms with E-state index >= 15 is 0 Å². The minimum atomic E-state index is 0.697. The average molecular weight is 256 g/mol. The summed E-state index contributed by atoms with van der Waals surface area (Å²) in [5, 5.41) is 0. The minimum absolute atomic E-state index is 0.697. The van der Waals surface area contributed by atoms with Gasteiger partial charge in [-0.3, -0.25) is 0 Å². The van der Waals surface area contributed by atoms with Crippen LogP contribution in [0.1, 0.15) is 39.2 Å². The Morgan fingerprint density at radius 1 is 1.11 bits per heavy atom. The lowest BCUT2D eigenvalue weighted by atomic mass is 9.82. The first kappa shape index (κ1) is 13.9. The number of hydrogen-bond acceptors (Lipinski definition) is 1. The van der Waals surface area contributed by atoms with E-state index in [2.05, 4.69) is 39.0 Å². The van der Waals surface area contributed by atoms with Gasteiger partial charge < -0.3 is 4.74 Å². The van der Waals surface area contributed by atoms with Crippen LogP contribution in [0, 0.1) is 5.92 Å². The predicted octanol–water partition coefficient (Wildman–Crippen LogP) is 4.93. The van der Waals surface area contributed by atoms with Crippen LogP contribution in [0.3, 0.4) is 0 Å². The molecule has 0 spiro atoms. The van der Waals surface area contributed by atoms with Crippen LogP contribution in [-0.4, -0.2) is 7.11 Å². The van der Waals surface area contributed by atoms with Gasteiger partial charge in [0.05, 0.1) is 7.11 Å². The number of rotatable bonds is 4. The van der Waals surface area contributed by atoms with Gasteiger partial charge in [0.2, 0.25) is 0 Å². The van der Waals surface area contributed by atoms with Crippen molar-refractivity contribution in [3.05, 3.63) is 52.6 Å². The minimum Gasteiger partial charge on any atom is -0.497 e. The Labute approximate surface area is 117 Å². The molecule has 2 rings (SSSR count). The molecule has 0 bridgehead atoms. The molecule has 0 N–H and O–H groups in total. The highest BCUT2D eigenvalue weighted by molar-refractivity contribution is 5.34. The maximum atomic E-state index is 5.19. The van der Waals surface area contributed by atoms with Crippen molar-refractivity contribution in [2.45, 2.75) is 40.0 Å². The predicted molar refractivity (Wildman–Crippen MR) is 81.6 cm³/mol. The standard InChI is InChI=1S/C18H24O/c1-13-11-14(2)18(15(3)12-13)10-7-16-5-8-17(19-4)9-6-16/h5-6,8-9,11,15H,7,10,12H2,1-4H3/t15-/m1/s1. The molecule has 0 amide bonds. The summed E-state index contributed by atoms with van der Waals surface area (Å²) in [4.78, 5) is 0. The molecule has 1 aromatic rings. The monoisotopic (exact) mass is 256 g/mol. The second kappa shape index (κ2) is 6.10. The van der Waals surface area contributed by atoms with E-state index in [1.807, 2.05) is 12.1 Å². The highest BCUT2D eigenvalue weighted by Gasteiger charge is 2.16. The van der Waals surface area contributed by atoms with Crippen molar-refractivity contribution < 1.29 is 4.74 Å². The van der Waals surface area contributed by atoms with Crippen molar-refractivity contribution in [3.8, 4) is 5.75 Å². The highest BCUT2D eigenvalue weighted by atomic mass is 16.5. The lowest BCUT2D eigenvalue weighted by Crippen LogP contribution is -2.08. The molecule has 0 heterocycles. The van der Waals surface area contributed by atoms with Crippen LogP contribution in [0.4, 0.5) is 0 Å². The number of aryl methyl sites for hydroxylation is 1. The average Bonchev–Trinajstić information content (AvgIpc) is 2.38. The van der Waals surface area contributed by atoms with E-state index in [0.29, 0.717) is 5.92 Å². The molecule has 1 aliphatic carbocycles. The molecule has 0 saturated heterocycles. The second-order valence-electron chi connectivity index (χ2n) is 5.65. The van der Waals surface area contributed by atoms with Gasteiger partial charge in [-0.1, -0.05) is 41.9 Å². The van der Waals surface area contributed by atoms with Crippen LogP contribution in [0.15, 0.2) is 47.1 Å². The number of allylic oxidation sites excluding steroid dienone is 4. The fourth-order valence-electron chi connectivity index (χ4n) is 3.03. The topological polar surface area (TPSA) is 9.23 Å². The quantitative estimate of drug-likeness (QED) is 0.742. The third-order valence-electron chi connectivity index (χ3n) is 4.03. The van der Waals surface area contributed by atoms with E-state index in [0.717, 1.165) is 12.2 Å². The normalized spacial score (nSPS) is 19.4. The molecule has 0 radical (unpaired) electrons. The van der Waals surface area contributed by atoms with Crippen molar-refractivity contribution in [1.82, 2.24) is 0 Å². The molecule has 1 heteroatoms. The molecule has 1 aliphatic rings. The Bertz CT molecular complexity index is 491. The van der Waals surface area contributed by atoms with Gasteiger partial charge >= 0.3 is 0 Å². The van der Waals surface area contributed by atoms with Crippen LogP contribution in [0.25, 0.3) is 0 Å². The van der Waals surface area contributed by atoms with Crippen LogP contribution in [0.5, 0.6) is 5.75 Å². The van der Waals surface area contributed by atoms with Gasteiger partial charge in [-0.25, -0.2) is 0 Å². The van der Waals surface area contributed by atoms with E-state index in [-0.39, 0.29) is 0 Å². The van der Waals surface area contributed by atoms with Crippen molar-refractivity contribution >= 4 is 0 Å². The summed E-state index contributed by atoms with van der Waals surface area (Å²) in [5.74, 6) is 1.63. The lowest BCUT2D eigenvalue weighted by molar-refractivity contribution is 0.414. The summed E-state index contributed by atoms with van der Waals surface area (Å²) in [5.41, 5.74) is 6.00. The van der Waals surface area contributed by atoms with E-state index in [1.165, 1.54) is 29.6 Å². The van der Waals surface area contributed by atoms with Crippen molar-refractivity contribution in [2.75, 3.05) is 7.11 Å². The first-order valence-corrected chi connectivity index (χ1v) is 7.10. The SMILES string of the molecule is COc1ccc(CCC2=C(C)C=C(C)C[C@H]2C)cc1. The summed E-state index contributed by atoms with van der Waals surface area (Å²) < 4.78 is 5.19. The van der Waals surface area contributed by atoms with Crippen LogP contribution < -0.4 is 4.74 Å². The summed E-state index contributed by atoms with van der Waals surface area (Å²) in [6.07, 6.45) is 5.86. The Balaban J connectivity index is 2.03. The maximum absolute atomic E-state index is 5.19. The molecule has 0 fully saturated rings. The zero-order chi connectivity index (χ0) is 13.8. The van der Waals surface area contributed by atoms with Gasteiger partial charge in [-0.05, 0) is 56.7 Å². The van der Waals surface area contributed by atoms with Crippen molar-refractivity contribution in [2.24, 2.45) is 5.92 Å². The van der Waals surface area contributed by atoms with Gasteiger partial charge in [0.25, 0.3) is 0 Å². The summed E-state index contributed by atoms with van der Waals surface area (Å²) in [6.45, 7) is 6.84. The fourth-order valence-corrected chi connectivity index (χ4v) is 3.03. The molecular weight excluding hydrogens is 232 g/mol. The zero-order valence-corrected chi connectivity index (χ0v) is 12.5. The van der Waals surface area contributed by atoms with Crippen LogP contribution in [-0.2, 0) is 6.42 Å². The molecule has 1 atom stereocenters. The van der Waals surface area contributed by atoms with Gasteiger partial charge in [0.15, 0.2) is 0 Å². The second-order valence-corrected chi connectivity index (χ2v) is 5.65. The molecule has 19 heavy (non-hydrogen) atoms. The van der Waals surface area contributed by atoms with E-state index in [9.17, 15) is 0 Å². The maximum Gasteiger partial charge on any atom is 0.118 e. The molecule has 1 aromatic carbocycles. The Morgan fingerprint density at radius 2 is 1.79 bits per heavy atom. The number of methoxy groups -OCH3 is 1. The molecule has 1 nitrogen and oxygen atoms in total. The number of benzene rings is 1. The van der Waals surface area contributed by atoms with Gasteiger partial charge in [0, 0.05) is 0 Å². The van der Waals surface area contributed by atoms with Gasteiger partial charge in [0.1, 0.15) is 5.75 Å². The Hall–Kier alpha value is -1.50. The van der Waals surface area contributed by atoms with Crippen LogP contribution >= 0.6 is 0 Å². The highest BCUT2D eigenvalue weighted by Crippen LogP contribution is 2.32. The third kappa shape index (κ3) is 3.50. The molecule has 0 aromatic heterocycles. The molecule has 0 saturated carbocycles. The Kier molecular flexibility index (Phi) is 4.47. The van der Waals surface area contributed by atoms with E-state index in [4.69, 9.17) is 4.74 Å². The Morgan fingerprint density at radius 3 is 2.37 bits per heavy atom. The first-order valence-electron chi connectivity index (χ1n) is 7.10. The smallest absolute Gasteiger partial charge is 0.118 e. The number of ether oxygens (including phenoxy) is 1. The third-order valence-corrected chi connectivity index (χ3v) is 4.03. The molecular formula is C18H24O. The number of hydrogen-bond donors (Lipinski definition) is 0. The van der Waals surface area contributed by atoms with E-state index in [1.54, 1.807) is 12.7 Å². The first-order chi connectivity index (χ1) is 9.10. The summed E-state index contributed by atoms with van der Waals surface area (Å²) in [6, 6.07) is 8.43. The molecule has 0 aliphatic heterocycles. The van der Waals surface area contributed by atoms with E-state index < -0.39 is 0 Å². The van der Waals surface area contributed by atoms with Gasteiger partial charge in [-0.15, -0.1) is 0 Å². The lowest BCUT2D eigenvalue weighted by Gasteiger charge is -2.23. The van der Waals surface area contributed by atoms with Gasteiger partial charge in [-0.2, -0.15) is 0 Å². The summed E-state index contributed by atoms with van der Waals surface area (Å²) in [7, 11) is 1.71. The van der Waals surface area contributed by atoms with Crippen LogP contribution in [0.2, 0.25) is 0 Å². The summed E-state index contributed by atoms with van der Waals surface area (Å²) >= 11 is 0.